The van der Waals surface area contributed by atoms with Gasteiger partial charge < -0.3 is 19.8 Å². The second-order valence-corrected chi connectivity index (χ2v) is 5.44. The van der Waals surface area contributed by atoms with Gasteiger partial charge in [0, 0.05) is 23.9 Å². The van der Waals surface area contributed by atoms with Crippen LogP contribution in [0.3, 0.4) is 0 Å². The Labute approximate surface area is 107 Å². The highest BCUT2D eigenvalue weighted by atomic mass is 16.5. The van der Waals surface area contributed by atoms with Gasteiger partial charge in [-0.05, 0) is 0 Å². The summed E-state index contributed by atoms with van der Waals surface area (Å²) in [6, 6.07) is 0. The lowest BCUT2D eigenvalue weighted by Gasteiger charge is -2.36. The van der Waals surface area contributed by atoms with E-state index in [2.05, 4.69) is 4.74 Å². The van der Waals surface area contributed by atoms with Crippen LogP contribution in [0.5, 0.6) is 0 Å². The summed E-state index contributed by atoms with van der Waals surface area (Å²) >= 11 is 0. The Morgan fingerprint density at radius 3 is 1.94 bits per heavy atom. The van der Waals surface area contributed by atoms with Crippen molar-refractivity contribution in [3.05, 3.63) is 0 Å². The Morgan fingerprint density at radius 1 is 1.17 bits per heavy atom. The lowest BCUT2D eigenvalue weighted by molar-refractivity contribution is -0.146. The molecule has 1 aliphatic rings. The number of carbonyl (C=O) groups excluding carboxylic acids is 2. The predicted molar refractivity (Wildman–Crippen MR) is 63.6 cm³/mol. The highest BCUT2D eigenvalue weighted by molar-refractivity contribution is 5.94. The average Bonchev–Trinajstić information content (AvgIpc) is 2.63. The molecule has 6 nitrogen and oxygen atoms in total. The number of nitrogens with zero attached hydrogens (tertiary/aromatic N) is 1. The van der Waals surface area contributed by atoms with Gasteiger partial charge >= 0.3 is 5.97 Å². The minimum absolute atomic E-state index is 0.119. The molecule has 0 saturated carbocycles. The zero-order chi connectivity index (χ0) is 14.0. The Morgan fingerprint density at radius 2 is 1.61 bits per heavy atom. The normalized spacial score (nSPS) is 31.5. The van der Waals surface area contributed by atoms with Crippen LogP contribution in [0, 0.1) is 10.8 Å². The Bertz CT molecular complexity index is 327. The van der Waals surface area contributed by atoms with Crippen LogP contribution in [0.1, 0.15) is 20.3 Å². The van der Waals surface area contributed by atoms with Gasteiger partial charge in [-0.3, -0.25) is 9.59 Å². The monoisotopic (exact) mass is 259 g/mol. The van der Waals surface area contributed by atoms with Gasteiger partial charge in [-0.15, -0.1) is 0 Å². The number of ether oxygens (including phenoxy) is 1. The molecule has 1 rings (SSSR count). The lowest BCUT2D eigenvalue weighted by atomic mass is 9.69. The minimum atomic E-state index is -0.580. The Balaban J connectivity index is 2.79. The van der Waals surface area contributed by atoms with Gasteiger partial charge in [0.1, 0.15) is 6.42 Å². The number of aliphatic hydroxyl groups excluding tert-OH is 2. The SMILES string of the molecule is COC(=O)CC(=O)N1C[C@](C)(CO)[C@](C)(CO)C1. The van der Waals surface area contributed by atoms with E-state index in [0.29, 0.717) is 13.1 Å². The summed E-state index contributed by atoms with van der Waals surface area (Å²) < 4.78 is 4.45. The van der Waals surface area contributed by atoms with Crippen LogP contribution >= 0.6 is 0 Å². The molecular formula is C12H21NO5. The maximum Gasteiger partial charge on any atom is 0.315 e. The van der Waals surface area contributed by atoms with E-state index in [9.17, 15) is 19.8 Å². The third kappa shape index (κ3) is 2.49. The van der Waals surface area contributed by atoms with E-state index in [0.717, 1.165) is 0 Å². The van der Waals surface area contributed by atoms with Crippen molar-refractivity contribution in [2.75, 3.05) is 33.4 Å². The molecule has 0 aromatic heterocycles. The first-order valence-corrected chi connectivity index (χ1v) is 5.88. The first-order chi connectivity index (χ1) is 8.31. The molecule has 0 aromatic carbocycles. The number of likely N-dealkylation sites (tertiary alicyclic amines) is 1. The maximum absolute atomic E-state index is 11.9. The summed E-state index contributed by atoms with van der Waals surface area (Å²) in [7, 11) is 1.23. The summed E-state index contributed by atoms with van der Waals surface area (Å²) in [6.07, 6.45) is -0.306. The van der Waals surface area contributed by atoms with Gasteiger partial charge in [0.15, 0.2) is 0 Å². The molecule has 0 radical (unpaired) electrons. The van der Waals surface area contributed by atoms with Crippen molar-refractivity contribution in [1.82, 2.24) is 4.90 Å². The summed E-state index contributed by atoms with van der Waals surface area (Å²) in [6.45, 7) is 4.08. The van der Waals surface area contributed by atoms with E-state index in [1.54, 1.807) is 0 Å². The second kappa shape index (κ2) is 5.24. The third-order valence-corrected chi connectivity index (χ3v) is 4.11. The summed E-state index contributed by atoms with van der Waals surface area (Å²) in [5, 5.41) is 19.0. The van der Waals surface area contributed by atoms with Crippen LogP contribution in [0.25, 0.3) is 0 Å². The summed E-state index contributed by atoms with van der Waals surface area (Å²) in [5.74, 6) is -0.915. The van der Waals surface area contributed by atoms with Crippen molar-refractivity contribution >= 4 is 11.9 Å². The van der Waals surface area contributed by atoms with Crippen LogP contribution in [0.15, 0.2) is 0 Å². The van der Waals surface area contributed by atoms with Gasteiger partial charge in [0.25, 0.3) is 0 Å². The van der Waals surface area contributed by atoms with Crippen LogP contribution < -0.4 is 0 Å². The van der Waals surface area contributed by atoms with Crippen LogP contribution in [0.2, 0.25) is 0 Å². The van der Waals surface area contributed by atoms with Crippen molar-refractivity contribution in [3.63, 3.8) is 0 Å². The first-order valence-electron chi connectivity index (χ1n) is 5.88. The number of aliphatic hydroxyl groups is 2. The number of hydrogen-bond acceptors (Lipinski definition) is 5. The van der Waals surface area contributed by atoms with Crippen molar-refractivity contribution in [2.45, 2.75) is 20.3 Å². The fourth-order valence-electron chi connectivity index (χ4n) is 2.25. The van der Waals surface area contributed by atoms with Crippen molar-refractivity contribution in [2.24, 2.45) is 10.8 Å². The molecule has 1 aliphatic heterocycles. The lowest BCUT2D eigenvalue weighted by Crippen LogP contribution is -2.41. The third-order valence-electron chi connectivity index (χ3n) is 4.11. The summed E-state index contributed by atoms with van der Waals surface area (Å²) in [5.41, 5.74) is -1.12. The van der Waals surface area contributed by atoms with E-state index in [1.807, 2.05) is 13.8 Å². The molecule has 0 aliphatic carbocycles. The molecule has 104 valence electrons. The molecule has 0 spiro atoms. The van der Waals surface area contributed by atoms with Crippen molar-refractivity contribution in [1.29, 1.82) is 0 Å². The van der Waals surface area contributed by atoms with E-state index in [4.69, 9.17) is 0 Å². The van der Waals surface area contributed by atoms with E-state index < -0.39 is 16.8 Å². The number of methoxy groups -OCH3 is 1. The molecular weight excluding hydrogens is 238 g/mol. The molecule has 0 bridgehead atoms. The highest BCUT2D eigenvalue weighted by Crippen LogP contribution is 2.45. The predicted octanol–water partition coefficient (Wildman–Crippen LogP) is -0.611. The summed E-state index contributed by atoms with van der Waals surface area (Å²) in [4.78, 5) is 24.5. The quantitative estimate of drug-likeness (QED) is 0.519. The largest absolute Gasteiger partial charge is 0.469 e. The second-order valence-electron chi connectivity index (χ2n) is 5.44. The zero-order valence-corrected chi connectivity index (χ0v) is 11.1. The molecule has 1 amide bonds. The number of amides is 1. The molecule has 1 fully saturated rings. The minimum Gasteiger partial charge on any atom is -0.469 e. The van der Waals surface area contributed by atoms with E-state index in [1.165, 1.54) is 12.0 Å². The van der Waals surface area contributed by atoms with E-state index >= 15 is 0 Å². The molecule has 2 N–H and O–H groups in total. The van der Waals surface area contributed by atoms with E-state index in [-0.39, 0.29) is 25.5 Å². The smallest absolute Gasteiger partial charge is 0.315 e. The van der Waals surface area contributed by atoms with Gasteiger partial charge in [-0.25, -0.2) is 0 Å². The van der Waals surface area contributed by atoms with Gasteiger partial charge in [0.2, 0.25) is 5.91 Å². The highest BCUT2D eigenvalue weighted by Gasteiger charge is 2.52. The van der Waals surface area contributed by atoms with Gasteiger partial charge in [0.05, 0.1) is 20.3 Å². The number of hydrogen-bond donors (Lipinski definition) is 2. The average molecular weight is 259 g/mol. The first kappa shape index (κ1) is 14.9. The topological polar surface area (TPSA) is 87.1 Å². The molecule has 2 atom stereocenters. The molecule has 0 aromatic rings. The van der Waals surface area contributed by atoms with Crippen molar-refractivity contribution in [3.8, 4) is 0 Å². The van der Waals surface area contributed by atoms with Crippen LogP contribution in [-0.4, -0.2) is 60.4 Å². The number of carbonyl (C=O) groups is 2. The fourth-order valence-corrected chi connectivity index (χ4v) is 2.25. The molecule has 1 heterocycles. The standard InChI is InChI=1S/C12H21NO5/c1-11(7-14)5-13(6-12(11,2)8-15)9(16)4-10(17)18-3/h14-15H,4-8H2,1-3H3/t11-,12+. The van der Waals surface area contributed by atoms with Crippen LogP contribution in [-0.2, 0) is 14.3 Å². The Kier molecular flexibility index (Phi) is 4.34. The number of esters is 1. The maximum atomic E-state index is 11.9. The van der Waals surface area contributed by atoms with Gasteiger partial charge in [-0.2, -0.15) is 0 Å². The Hall–Kier alpha value is -1.14. The molecule has 6 heteroatoms. The molecule has 1 saturated heterocycles. The van der Waals surface area contributed by atoms with Gasteiger partial charge in [-0.1, -0.05) is 13.8 Å². The van der Waals surface area contributed by atoms with Crippen LogP contribution in [0.4, 0.5) is 0 Å². The molecule has 0 unspecified atom stereocenters. The zero-order valence-electron chi connectivity index (χ0n) is 11.1. The molecule has 18 heavy (non-hydrogen) atoms. The fraction of sp³-hybridized carbons (Fsp3) is 0.833. The van der Waals surface area contributed by atoms with Crippen molar-refractivity contribution < 1.29 is 24.5 Å². The number of rotatable bonds is 4.